The average Bonchev–Trinajstić information content (AvgIpc) is 2.89. The number of rotatable bonds is 11. The van der Waals surface area contributed by atoms with Gasteiger partial charge in [0.15, 0.2) is 0 Å². The molecule has 0 saturated heterocycles. The van der Waals surface area contributed by atoms with Crippen molar-refractivity contribution in [2.24, 2.45) is 0 Å². The second-order valence-electron chi connectivity index (χ2n) is 7.20. The maximum absolute atomic E-state index is 12.2. The normalized spacial score (nSPS) is 10.3. The summed E-state index contributed by atoms with van der Waals surface area (Å²) in [7, 11) is 7.66. The topological polar surface area (TPSA) is 81.7 Å². The molecule has 0 aliphatic carbocycles. The Hall–Kier alpha value is -4.07. The molecule has 0 aliphatic heterocycles. The van der Waals surface area contributed by atoms with Gasteiger partial charge in [0.1, 0.15) is 47.7 Å². The highest BCUT2D eigenvalue weighted by Crippen LogP contribution is 2.28. The summed E-state index contributed by atoms with van der Waals surface area (Å²) in [5, 5.41) is 0. The van der Waals surface area contributed by atoms with E-state index in [2.05, 4.69) is 0 Å². The molecule has 0 amide bonds. The second-order valence-corrected chi connectivity index (χ2v) is 7.20. The van der Waals surface area contributed by atoms with Crippen LogP contribution in [0.3, 0.4) is 0 Å². The summed E-state index contributed by atoms with van der Waals surface area (Å²) < 4.78 is 38.0. The third-order valence-electron chi connectivity index (χ3n) is 4.93. The molecule has 3 aromatic rings. The average molecular weight is 469 g/mol. The van der Waals surface area contributed by atoms with Crippen LogP contribution in [0.1, 0.15) is 21.5 Å². The zero-order valence-electron chi connectivity index (χ0n) is 19.9. The van der Waals surface area contributed by atoms with Gasteiger partial charge < -0.3 is 33.2 Å². The molecule has 0 spiro atoms. The molecular formula is C26H28O8. The van der Waals surface area contributed by atoms with Crippen LogP contribution in [0.2, 0.25) is 0 Å². The summed E-state index contributed by atoms with van der Waals surface area (Å²) in [4.78, 5) is 12.2. The molecule has 0 fully saturated rings. The number of carbonyl (C=O) groups excluding carboxylic acids is 1. The van der Waals surface area contributed by atoms with Crippen LogP contribution in [0.4, 0.5) is 0 Å². The van der Waals surface area contributed by atoms with Gasteiger partial charge in [-0.3, -0.25) is 0 Å². The second kappa shape index (κ2) is 11.7. The molecule has 0 N–H and O–H groups in total. The van der Waals surface area contributed by atoms with E-state index in [1.807, 2.05) is 24.3 Å². The first-order chi connectivity index (χ1) is 16.5. The Labute approximate surface area is 198 Å². The van der Waals surface area contributed by atoms with Crippen LogP contribution in [0.15, 0.2) is 54.6 Å². The van der Waals surface area contributed by atoms with Gasteiger partial charge in [0.25, 0.3) is 0 Å². The fourth-order valence-corrected chi connectivity index (χ4v) is 3.21. The van der Waals surface area contributed by atoms with Crippen molar-refractivity contribution in [3.63, 3.8) is 0 Å². The number of esters is 1. The first-order valence-electron chi connectivity index (χ1n) is 10.4. The van der Waals surface area contributed by atoms with Crippen LogP contribution >= 0.6 is 0 Å². The summed E-state index contributed by atoms with van der Waals surface area (Å²) in [5.74, 6) is 3.00. The number of ether oxygens (including phenoxy) is 7. The highest BCUT2D eigenvalue weighted by molar-refractivity contribution is 5.90. The zero-order chi connectivity index (χ0) is 24.5. The van der Waals surface area contributed by atoms with Crippen LogP contribution in [-0.4, -0.2) is 41.5 Å². The molecule has 0 heterocycles. The van der Waals surface area contributed by atoms with Gasteiger partial charge in [-0.1, -0.05) is 0 Å². The third-order valence-corrected chi connectivity index (χ3v) is 4.93. The molecule has 3 aromatic carbocycles. The minimum Gasteiger partial charge on any atom is -0.497 e. The number of benzene rings is 3. The van der Waals surface area contributed by atoms with Gasteiger partial charge in [-0.05, 0) is 47.5 Å². The number of hydrogen-bond acceptors (Lipinski definition) is 8. The molecule has 8 heteroatoms. The zero-order valence-corrected chi connectivity index (χ0v) is 19.9. The summed E-state index contributed by atoms with van der Waals surface area (Å²) >= 11 is 0. The first-order valence-corrected chi connectivity index (χ1v) is 10.4. The van der Waals surface area contributed by atoms with Crippen molar-refractivity contribution in [3.8, 4) is 34.5 Å². The van der Waals surface area contributed by atoms with Crippen LogP contribution < -0.4 is 28.4 Å². The van der Waals surface area contributed by atoms with E-state index in [9.17, 15) is 4.79 Å². The van der Waals surface area contributed by atoms with Gasteiger partial charge >= 0.3 is 5.97 Å². The minimum absolute atomic E-state index is 0.227. The molecule has 34 heavy (non-hydrogen) atoms. The van der Waals surface area contributed by atoms with Crippen molar-refractivity contribution < 1.29 is 38.0 Å². The Morgan fingerprint density at radius 3 is 1.21 bits per heavy atom. The van der Waals surface area contributed by atoms with Gasteiger partial charge in [0.2, 0.25) is 0 Å². The minimum atomic E-state index is -0.499. The van der Waals surface area contributed by atoms with Crippen molar-refractivity contribution in [1.29, 1.82) is 0 Å². The van der Waals surface area contributed by atoms with E-state index >= 15 is 0 Å². The predicted molar refractivity (Wildman–Crippen MR) is 126 cm³/mol. The largest absolute Gasteiger partial charge is 0.497 e. The molecular weight excluding hydrogens is 440 g/mol. The summed E-state index contributed by atoms with van der Waals surface area (Å²) in [6, 6.07) is 15.9. The van der Waals surface area contributed by atoms with Gasteiger partial charge in [0.05, 0.1) is 41.1 Å². The van der Waals surface area contributed by atoms with Crippen molar-refractivity contribution in [2.75, 3.05) is 35.5 Å². The molecule has 0 radical (unpaired) electrons. The molecule has 0 aliphatic rings. The van der Waals surface area contributed by atoms with E-state index in [0.717, 1.165) is 11.1 Å². The van der Waals surface area contributed by atoms with E-state index in [4.69, 9.17) is 33.2 Å². The summed E-state index contributed by atoms with van der Waals surface area (Å²) in [6.07, 6.45) is 0. The van der Waals surface area contributed by atoms with Crippen molar-refractivity contribution in [2.45, 2.75) is 13.2 Å². The first kappa shape index (κ1) is 24.6. The Morgan fingerprint density at radius 1 is 0.529 bits per heavy atom. The van der Waals surface area contributed by atoms with Crippen LogP contribution in [0.5, 0.6) is 34.5 Å². The monoisotopic (exact) mass is 468 g/mol. The summed E-state index contributed by atoms with van der Waals surface area (Å²) in [6.45, 7) is 0.454. The van der Waals surface area contributed by atoms with Crippen molar-refractivity contribution in [3.05, 3.63) is 71.3 Å². The maximum Gasteiger partial charge on any atom is 0.338 e. The third kappa shape index (κ3) is 6.48. The van der Waals surface area contributed by atoms with Crippen LogP contribution in [0, 0.1) is 0 Å². The Kier molecular flexibility index (Phi) is 8.45. The van der Waals surface area contributed by atoms with E-state index in [1.165, 1.54) is 7.11 Å². The molecule has 3 rings (SSSR count). The number of hydrogen-bond donors (Lipinski definition) is 0. The highest BCUT2D eigenvalue weighted by atomic mass is 16.5. The molecule has 180 valence electrons. The number of carbonyl (C=O) groups is 1. The lowest BCUT2D eigenvalue weighted by Gasteiger charge is -2.14. The predicted octanol–water partition coefficient (Wildman–Crippen LogP) is 4.67. The van der Waals surface area contributed by atoms with Crippen LogP contribution in [-0.2, 0) is 18.0 Å². The quantitative estimate of drug-likeness (QED) is 0.376. The van der Waals surface area contributed by atoms with Crippen molar-refractivity contribution in [1.82, 2.24) is 0 Å². The fraction of sp³-hybridized carbons (Fsp3) is 0.269. The lowest BCUT2D eigenvalue weighted by molar-refractivity contribution is 0.0599. The molecule has 0 unspecified atom stereocenters. The van der Waals surface area contributed by atoms with Gasteiger partial charge in [-0.2, -0.15) is 0 Å². The van der Waals surface area contributed by atoms with E-state index in [1.54, 1.807) is 58.8 Å². The Morgan fingerprint density at radius 2 is 0.882 bits per heavy atom. The van der Waals surface area contributed by atoms with Crippen molar-refractivity contribution >= 4 is 5.97 Å². The van der Waals surface area contributed by atoms with E-state index < -0.39 is 5.97 Å². The molecule has 0 saturated carbocycles. The molecule has 0 bridgehead atoms. The van der Waals surface area contributed by atoms with Gasteiger partial charge in [-0.15, -0.1) is 0 Å². The standard InChI is InChI=1S/C26H28O8/c1-28-20-6-17(7-21(12-20)29-2)15-33-24-10-19(26(27)32-5)11-25(14-24)34-16-18-8-22(30-3)13-23(9-18)31-4/h6-14H,15-16H2,1-5H3. The number of methoxy groups -OCH3 is 5. The van der Waals surface area contributed by atoms with Gasteiger partial charge in [-0.25, -0.2) is 4.79 Å². The van der Waals surface area contributed by atoms with Gasteiger partial charge in [0, 0.05) is 18.2 Å². The SMILES string of the molecule is COC(=O)c1cc(OCc2cc(OC)cc(OC)c2)cc(OCc2cc(OC)cc(OC)c2)c1. The lowest BCUT2D eigenvalue weighted by atomic mass is 10.2. The highest BCUT2D eigenvalue weighted by Gasteiger charge is 2.12. The Balaban J connectivity index is 1.81. The summed E-state index contributed by atoms with van der Waals surface area (Å²) in [5.41, 5.74) is 1.98. The molecule has 0 atom stereocenters. The Bertz CT molecular complexity index is 1000. The lowest BCUT2D eigenvalue weighted by Crippen LogP contribution is -2.05. The van der Waals surface area contributed by atoms with E-state index in [-0.39, 0.29) is 13.2 Å². The molecule has 0 aromatic heterocycles. The fourth-order valence-electron chi connectivity index (χ4n) is 3.21. The van der Waals surface area contributed by atoms with E-state index in [0.29, 0.717) is 40.1 Å². The smallest absolute Gasteiger partial charge is 0.338 e. The maximum atomic E-state index is 12.2. The molecule has 8 nitrogen and oxygen atoms in total. The van der Waals surface area contributed by atoms with Crippen LogP contribution in [0.25, 0.3) is 0 Å².